The third-order valence-electron chi connectivity index (χ3n) is 1.43. The first-order valence-corrected chi connectivity index (χ1v) is 3.61. The maximum absolute atomic E-state index is 10.9. The number of carbonyl (C=O) groups is 1. The fourth-order valence-electron chi connectivity index (χ4n) is 0.362. The molecular weight excluding hydrogens is 144 g/mol. The van der Waals surface area contributed by atoms with Crippen LogP contribution in [0.25, 0.3) is 0 Å². The van der Waals surface area contributed by atoms with E-state index in [0.717, 1.165) is 0 Å². The van der Waals surface area contributed by atoms with Crippen LogP contribution in [0.15, 0.2) is 0 Å². The SMILES string of the molecule is CC(=O)C(C)(C)NOCCN. The van der Waals surface area contributed by atoms with Gasteiger partial charge in [0, 0.05) is 6.54 Å². The summed E-state index contributed by atoms with van der Waals surface area (Å²) in [6.07, 6.45) is 0. The monoisotopic (exact) mass is 160 g/mol. The number of hydrogen-bond donors (Lipinski definition) is 2. The molecule has 0 heterocycles. The second-order valence-electron chi connectivity index (χ2n) is 2.92. The van der Waals surface area contributed by atoms with Crippen molar-refractivity contribution in [3.05, 3.63) is 0 Å². The van der Waals surface area contributed by atoms with Crippen LogP contribution in [0, 0.1) is 0 Å². The normalized spacial score (nSPS) is 11.6. The number of hydroxylamine groups is 1. The van der Waals surface area contributed by atoms with Crippen LogP contribution in [0.2, 0.25) is 0 Å². The number of nitrogens with two attached hydrogens (primary N) is 1. The molecule has 4 nitrogen and oxygen atoms in total. The summed E-state index contributed by atoms with van der Waals surface area (Å²) in [6.45, 7) is 5.88. The van der Waals surface area contributed by atoms with Gasteiger partial charge in [-0.25, -0.2) is 0 Å². The highest BCUT2D eigenvalue weighted by atomic mass is 16.6. The minimum absolute atomic E-state index is 0.0366. The predicted octanol–water partition coefficient (Wildman–Crippen LogP) is -0.166. The van der Waals surface area contributed by atoms with Gasteiger partial charge in [0.05, 0.1) is 12.1 Å². The maximum atomic E-state index is 10.9. The molecule has 0 aromatic heterocycles. The van der Waals surface area contributed by atoms with E-state index in [1.807, 2.05) is 0 Å². The van der Waals surface area contributed by atoms with Crippen molar-refractivity contribution in [1.82, 2.24) is 5.48 Å². The van der Waals surface area contributed by atoms with Crippen molar-refractivity contribution >= 4 is 5.78 Å². The Bertz CT molecular complexity index is 134. The molecule has 0 aliphatic heterocycles. The van der Waals surface area contributed by atoms with Gasteiger partial charge < -0.3 is 5.73 Å². The van der Waals surface area contributed by atoms with Gasteiger partial charge in [-0.05, 0) is 20.8 Å². The fourth-order valence-corrected chi connectivity index (χ4v) is 0.362. The Hall–Kier alpha value is -0.450. The zero-order valence-corrected chi connectivity index (χ0v) is 7.31. The van der Waals surface area contributed by atoms with Gasteiger partial charge in [-0.2, -0.15) is 5.48 Å². The molecule has 3 N–H and O–H groups in total. The Morgan fingerprint density at radius 1 is 1.64 bits per heavy atom. The van der Waals surface area contributed by atoms with Gasteiger partial charge in [0.25, 0.3) is 0 Å². The standard InChI is InChI=1S/C7H16N2O2/c1-6(10)7(2,3)9-11-5-4-8/h9H,4-5,8H2,1-3H3. The van der Waals surface area contributed by atoms with Crippen molar-refractivity contribution in [2.45, 2.75) is 26.3 Å². The molecule has 0 aromatic carbocycles. The number of nitrogens with one attached hydrogen (secondary N) is 1. The minimum atomic E-state index is -0.616. The van der Waals surface area contributed by atoms with E-state index in [-0.39, 0.29) is 5.78 Å². The van der Waals surface area contributed by atoms with Crippen LogP contribution in [0.4, 0.5) is 0 Å². The zero-order valence-electron chi connectivity index (χ0n) is 7.31. The van der Waals surface area contributed by atoms with E-state index < -0.39 is 5.54 Å². The van der Waals surface area contributed by atoms with E-state index in [9.17, 15) is 4.79 Å². The van der Waals surface area contributed by atoms with E-state index >= 15 is 0 Å². The fraction of sp³-hybridized carbons (Fsp3) is 0.857. The molecule has 66 valence electrons. The number of carbonyl (C=O) groups excluding carboxylic acids is 1. The molecule has 0 amide bonds. The average molecular weight is 160 g/mol. The van der Waals surface area contributed by atoms with Crippen LogP contribution in [0.5, 0.6) is 0 Å². The van der Waals surface area contributed by atoms with Gasteiger partial charge >= 0.3 is 0 Å². The van der Waals surface area contributed by atoms with E-state index in [1.165, 1.54) is 6.92 Å². The summed E-state index contributed by atoms with van der Waals surface area (Å²) >= 11 is 0. The van der Waals surface area contributed by atoms with Crippen LogP contribution in [0.3, 0.4) is 0 Å². The van der Waals surface area contributed by atoms with Crippen LogP contribution in [-0.2, 0) is 9.63 Å². The lowest BCUT2D eigenvalue weighted by Crippen LogP contribution is -2.45. The highest BCUT2D eigenvalue weighted by molar-refractivity contribution is 5.84. The van der Waals surface area contributed by atoms with Crippen LogP contribution >= 0.6 is 0 Å². The lowest BCUT2D eigenvalue weighted by atomic mass is 10.0. The second-order valence-corrected chi connectivity index (χ2v) is 2.92. The van der Waals surface area contributed by atoms with Crippen molar-refractivity contribution in [1.29, 1.82) is 0 Å². The van der Waals surface area contributed by atoms with Gasteiger partial charge in [-0.3, -0.25) is 9.63 Å². The molecule has 0 unspecified atom stereocenters. The van der Waals surface area contributed by atoms with Gasteiger partial charge in [0.15, 0.2) is 5.78 Å². The lowest BCUT2D eigenvalue weighted by molar-refractivity contribution is -0.128. The summed E-state index contributed by atoms with van der Waals surface area (Å²) in [5, 5.41) is 0. The average Bonchev–Trinajstić information content (AvgIpc) is 1.88. The molecule has 0 fully saturated rings. The highest BCUT2D eigenvalue weighted by Crippen LogP contribution is 2.02. The third-order valence-corrected chi connectivity index (χ3v) is 1.43. The van der Waals surface area contributed by atoms with Crippen molar-refractivity contribution in [2.24, 2.45) is 5.73 Å². The molecule has 0 aromatic rings. The summed E-state index contributed by atoms with van der Waals surface area (Å²) in [4.78, 5) is 15.8. The van der Waals surface area contributed by atoms with Crippen LogP contribution < -0.4 is 11.2 Å². The van der Waals surface area contributed by atoms with Crippen molar-refractivity contribution in [2.75, 3.05) is 13.2 Å². The molecule has 0 aliphatic rings. The molecule has 0 saturated carbocycles. The minimum Gasteiger partial charge on any atom is -0.328 e. The summed E-state index contributed by atoms with van der Waals surface area (Å²) in [7, 11) is 0. The summed E-state index contributed by atoms with van der Waals surface area (Å²) in [5.74, 6) is 0.0366. The van der Waals surface area contributed by atoms with Crippen molar-refractivity contribution < 1.29 is 9.63 Å². The Kier molecular flexibility index (Phi) is 4.25. The Morgan fingerprint density at radius 3 is 2.55 bits per heavy atom. The smallest absolute Gasteiger partial charge is 0.151 e. The molecular formula is C7H16N2O2. The molecule has 0 atom stereocenters. The van der Waals surface area contributed by atoms with Gasteiger partial charge in [-0.1, -0.05) is 0 Å². The third kappa shape index (κ3) is 4.08. The summed E-state index contributed by atoms with van der Waals surface area (Å²) < 4.78 is 0. The first-order chi connectivity index (χ1) is 5.00. The van der Waals surface area contributed by atoms with Crippen LogP contribution in [-0.4, -0.2) is 24.5 Å². The Morgan fingerprint density at radius 2 is 2.18 bits per heavy atom. The van der Waals surface area contributed by atoms with Crippen molar-refractivity contribution in [3.8, 4) is 0 Å². The van der Waals surface area contributed by atoms with Crippen molar-refractivity contribution in [3.63, 3.8) is 0 Å². The largest absolute Gasteiger partial charge is 0.328 e. The second kappa shape index (κ2) is 4.43. The molecule has 0 saturated heterocycles. The Labute approximate surface area is 67.0 Å². The quantitative estimate of drug-likeness (QED) is 0.433. The number of Topliss-reactive ketones (excluding diaryl/α,β-unsaturated/α-hetero) is 1. The summed E-state index contributed by atoms with van der Waals surface area (Å²) in [5.41, 5.74) is 7.20. The Balaban J connectivity index is 3.64. The van der Waals surface area contributed by atoms with Gasteiger partial charge in [0.1, 0.15) is 0 Å². The summed E-state index contributed by atoms with van der Waals surface area (Å²) in [6, 6.07) is 0. The lowest BCUT2D eigenvalue weighted by Gasteiger charge is -2.21. The van der Waals surface area contributed by atoms with E-state index in [4.69, 9.17) is 10.6 Å². The number of hydrogen-bond acceptors (Lipinski definition) is 4. The number of rotatable bonds is 5. The van der Waals surface area contributed by atoms with E-state index in [2.05, 4.69) is 5.48 Å². The molecule has 0 bridgehead atoms. The predicted molar refractivity (Wildman–Crippen MR) is 42.9 cm³/mol. The first-order valence-electron chi connectivity index (χ1n) is 3.61. The van der Waals surface area contributed by atoms with Crippen LogP contribution in [0.1, 0.15) is 20.8 Å². The molecule has 11 heavy (non-hydrogen) atoms. The topological polar surface area (TPSA) is 64.3 Å². The molecule has 0 aliphatic carbocycles. The maximum Gasteiger partial charge on any atom is 0.151 e. The number of ketones is 1. The molecule has 0 radical (unpaired) electrons. The highest BCUT2D eigenvalue weighted by Gasteiger charge is 2.22. The first kappa shape index (κ1) is 10.6. The van der Waals surface area contributed by atoms with E-state index in [0.29, 0.717) is 13.2 Å². The van der Waals surface area contributed by atoms with Gasteiger partial charge in [0.2, 0.25) is 0 Å². The molecule has 0 rings (SSSR count). The molecule has 0 spiro atoms. The molecule has 4 heteroatoms. The van der Waals surface area contributed by atoms with E-state index in [1.54, 1.807) is 13.8 Å². The zero-order chi connectivity index (χ0) is 8.91. The van der Waals surface area contributed by atoms with Gasteiger partial charge in [-0.15, -0.1) is 0 Å².